The minimum absolute atomic E-state index is 0.0449. The summed E-state index contributed by atoms with van der Waals surface area (Å²) in [4.78, 5) is 12.8. The van der Waals surface area contributed by atoms with Crippen LogP contribution >= 0.6 is 0 Å². The first-order valence-electron chi connectivity index (χ1n) is 8.18. The van der Waals surface area contributed by atoms with Gasteiger partial charge in [0.2, 0.25) is 6.10 Å². The number of hydrogen-bond donors (Lipinski definition) is 1. The summed E-state index contributed by atoms with van der Waals surface area (Å²) in [6, 6.07) is 18.8. The number of anilines is 1. The van der Waals surface area contributed by atoms with Crippen molar-refractivity contribution in [2.45, 2.75) is 6.10 Å². The number of methoxy groups -OCH3 is 1. The molecule has 0 aliphatic rings. The van der Waals surface area contributed by atoms with Gasteiger partial charge in [-0.25, -0.2) is 8.78 Å². The molecule has 0 heterocycles. The number of hydrogen-bond acceptors (Lipinski definition) is 3. The van der Waals surface area contributed by atoms with E-state index in [-0.39, 0.29) is 5.75 Å². The Bertz CT molecular complexity index is 932. The van der Waals surface area contributed by atoms with E-state index < -0.39 is 23.6 Å². The average molecular weight is 369 g/mol. The number of amides is 1. The van der Waals surface area contributed by atoms with Crippen molar-refractivity contribution >= 4 is 11.6 Å². The van der Waals surface area contributed by atoms with Gasteiger partial charge in [0.15, 0.2) is 11.6 Å². The molecular formula is C21H17F2NO3. The van der Waals surface area contributed by atoms with Crippen molar-refractivity contribution in [1.82, 2.24) is 0 Å². The number of ether oxygens (including phenoxy) is 2. The molecule has 0 unspecified atom stereocenters. The van der Waals surface area contributed by atoms with E-state index in [1.54, 1.807) is 54.6 Å². The predicted molar refractivity (Wildman–Crippen MR) is 97.8 cm³/mol. The van der Waals surface area contributed by atoms with Crippen molar-refractivity contribution in [2.75, 3.05) is 12.4 Å². The summed E-state index contributed by atoms with van der Waals surface area (Å²) in [6.45, 7) is 0. The van der Waals surface area contributed by atoms with Crippen molar-refractivity contribution < 1.29 is 23.0 Å². The molecule has 3 aromatic rings. The third-order valence-electron chi connectivity index (χ3n) is 3.82. The van der Waals surface area contributed by atoms with Crippen LogP contribution in [0, 0.1) is 11.6 Å². The van der Waals surface area contributed by atoms with E-state index in [1.807, 2.05) is 0 Å². The fraction of sp³-hybridized carbons (Fsp3) is 0.0952. The molecule has 3 aromatic carbocycles. The Morgan fingerprint density at radius 2 is 1.67 bits per heavy atom. The van der Waals surface area contributed by atoms with Crippen molar-refractivity contribution in [3.63, 3.8) is 0 Å². The zero-order chi connectivity index (χ0) is 19.2. The lowest BCUT2D eigenvalue weighted by Gasteiger charge is -2.19. The summed E-state index contributed by atoms with van der Waals surface area (Å²) < 4.78 is 37.5. The van der Waals surface area contributed by atoms with Crippen LogP contribution in [-0.2, 0) is 4.79 Å². The molecule has 4 nitrogen and oxygen atoms in total. The van der Waals surface area contributed by atoms with Gasteiger partial charge >= 0.3 is 0 Å². The second-order valence-corrected chi connectivity index (χ2v) is 5.71. The normalized spacial score (nSPS) is 11.5. The highest BCUT2D eigenvalue weighted by Crippen LogP contribution is 2.26. The maximum Gasteiger partial charge on any atom is 0.270 e. The van der Waals surface area contributed by atoms with Crippen molar-refractivity contribution in [3.8, 4) is 11.5 Å². The Morgan fingerprint density at radius 3 is 2.37 bits per heavy atom. The van der Waals surface area contributed by atoms with Crippen LogP contribution in [0.15, 0.2) is 72.8 Å². The maximum atomic E-state index is 13.5. The fourth-order valence-corrected chi connectivity index (χ4v) is 2.50. The molecule has 0 radical (unpaired) electrons. The monoisotopic (exact) mass is 369 g/mol. The van der Waals surface area contributed by atoms with Gasteiger partial charge in [-0.1, -0.05) is 36.4 Å². The van der Waals surface area contributed by atoms with Crippen LogP contribution in [0.4, 0.5) is 14.5 Å². The minimum Gasteiger partial charge on any atom is -0.497 e. The van der Waals surface area contributed by atoms with Gasteiger partial charge < -0.3 is 14.8 Å². The highest BCUT2D eigenvalue weighted by molar-refractivity contribution is 5.95. The van der Waals surface area contributed by atoms with Crippen LogP contribution in [0.1, 0.15) is 11.7 Å². The molecule has 0 spiro atoms. The van der Waals surface area contributed by atoms with Gasteiger partial charge in [0.05, 0.1) is 7.11 Å². The molecule has 27 heavy (non-hydrogen) atoms. The Morgan fingerprint density at radius 1 is 0.889 bits per heavy atom. The van der Waals surface area contributed by atoms with Crippen LogP contribution in [0.25, 0.3) is 0 Å². The first-order valence-corrected chi connectivity index (χ1v) is 8.18. The quantitative estimate of drug-likeness (QED) is 0.683. The molecule has 0 aliphatic carbocycles. The average Bonchev–Trinajstić information content (AvgIpc) is 2.69. The Labute approximate surface area is 155 Å². The SMILES string of the molecule is COc1cccc(NC(=O)[C@H](Oc2ccc(F)c(F)c2)c2ccccc2)c1. The minimum atomic E-state index is -1.05. The van der Waals surface area contributed by atoms with Crippen LogP contribution in [-0.4, -0.2) is 13.0 Å². The van der Waals surface area contributed by atoms with Gasteiger partial charge in [-0.2, -0.15) is 0 Å². The highest BCUT2D eigenvalue weighted by Gasteiger charge is 2.23. The standard InChI is InChI=1S/C21H17F2NO3/c1-26-16-9-5-8-15(12-16)24-21(25)20(14-6-3-2-4-7-14)27-17-10-11-18(22)19(23)13-17/h2-13,20H,1H3,(H,24,25)/t20-/m1/s1. The lowest BCUT2D eigenvalue weighted by Crippen LogP contribution is -2.25. The van der Waals surface area contributed by atoms with Gasteiger partial charge in [0.1, 0.15) is 11.5 Å². The second kappa shape index (κ2) is 8.31. The lowest BCUT2D eigenvalue weighted by atomic mass is 10.1. The second-order valence-electron chi connectivity index (χ2n) is 5.71. The molecule has 0 aromatic heterocycles. The third kappa shape index (κ3) is 4.61. The summed E-state index contributed by atoms with van der Waals surface area (Å²) in [6.07, 6.45) is -1.05. The van der Waals surface area contributed by atoms with E-state index in [9.17, 15) is 13.6 Å². The van der Waals surface area contributed by atoms with Gasteiger partial charge in [-0.15, -0.1) is 0 Å². The van der Waals surface area contributed by atoms with Crippen LogP contribution < -0.4 is 14.8 Å². The molecule has 3 rings (SSSR count). The van der Waals surface area contributed by atoms with Gasteiger partial charge in [0.25, 0.3) is 5.91 Å². The molecule has 138 valence electrons. The van der Waals surface area contributed by atoms with E-state index >= 15 is 0 Å². The third-order valence-corrected chi connectivity index (χ3v) is 3.82. The number of carbonyl (C=O) groups is 1. The van der Waals surface area contributed by atoms with E-state index in [1.165, 1.54) is 13.2 Å². The molecule has 6 heteroatoms. The number of benzene rings is 3. The highest BCUT2D eigenvalue weighted by atomic mass is 19.2. The molecular weight excluding hydrogens is 352 g/mol. The predicted octanol–water partition coefficient (Wildman–Crippen LogP) is 4.73. The lowest BCUT2D eigenvalue weighted by molar-refractivity contribution is -0.123. The van der Waals surface area contributed by atoms with Gasteiger partial charge in [-0.3, -0.25) is 4.79 Å². The summed E-state index contributed by atoms with van der Waals surface area (Å²) in [7, 11) is 1.53. The summed E-state index contributed by atoms with van der Waals surface area (Å²) >= 11 is 0. The molecule has 0 fully saturated rings. The van der Waals surface area contributed by atoms with Crippen LogP contribution in [0.2, 0.25) is 0 Å². The largest absolute Gasteiger partial charge is 0.497 e. The first kappa shape index (κ1) is 18.4. The molecule has 0 saturated heterocycles. The van der Waals surface area contributed by atoms with Crippen LogP contribution in [0.3, 0.4) is 0 Å². The van der Waals surface area contributed by atoms with Crippen molar-refractivity contribution in [1.29, 1.82) is 0 Å². The fourth-order valence-electron chi connectivity index (χ4n) is 2.50. The number of nitrogens with one attached hydrogen (secondary N) is 1. The summed E-state index contributed by atoms with van der Waals surface area (Å²) in [5.41, 5.74) is 1.09. The summed E-state index contributed by atoms with van der Waals surface area (Å²) in [5.74, 6) is -1.86. The van der Waals surface area contributed by atoms with Gasteiger partial charge in [0, 0.05) is 23.4 Å². The molecule has 1 atom stereocenters. The number of halogens is 2. The van der Waals surface area contributed by atoms with Crippen molar-refractivity contribution in [2.24, 2.45) is 0 Å². The zero-order valence-corrected chi connectivity index (χ0v) is 14.5. The number of rotatable bonds is 6. The van der Waals surface area contributed by atoms with E-state index in [0.717, 1.165) is 12.1 Å². The molecule has 0 bridgehead atoms. The zero-order valence-electron chi connectivity index (χ0n) is 14.5. The first-order chi connectivity index (χ1) is 13.1. The van der Waals surface area contributed by atoms with Crippen molar-refractivity contribution in [3.05, 3.63) is 90.0 Å². The van der Waals surface area contributed by atoms with E-state index in [2.05, 4.69) is 5.32 Å². The Kier molecular flexibility index (Phi) is 5.66. The Hall–Kier alpha value is -3.41. The van der Waals surface area contributed by atoms with E-state index in [4.69, 9.17) is 9.47 Å². The maximum absolute atomic E-state index is 13.5. The van der Waals surface area contributed by atoms with Crippen LogP contribution in [0.5, 0.6) is 11.5 Å². The van der Waals surface area contributed by atoms with E-state index in [0.29, 0.717) is 17.0 Å². The Balaban J connectivity index is 1.87. The molecule has 1 N–H and O–H groups in total. The topological polar surface area (TPSA) is 47.6 Å². The smallest absolute Gasteiger partial charge is 0.270 e. The molecule has 1 amide bonds. The molecule has 0 aliphatic heterocycles. The number of carbonyl (C=O) groups excluding carboxylic acids is 1. The molecule has 0 saturated carbocycles. The summed E-state index contributed by atoms with van der Waals surface area (Å²) in [5, 5.41) is 2.75. The van der Waals surface area contributed by atoms with Gasteiger partial charge in [-0.05, 0) is 24.3 Å².